The number of anilines is 2. The number of amides is 1. The van der Waals surface area contributed by atoms with Gasteiger partial charge in [0.15, 0.2) is 5.16 Å². The molecule has 0 aliphatic heterocycles. The molecule has 1 N–H and O–H groups in total. The van der Waals surface area contributed by atoms with Gasteiger partial charge in [0, 0.05) is 25.5 Å². The van der Waals surface area contributed by atoms with Crippen molar-refractivity contribution in [1.82, 2.24) is 9.55 Å². The molecule has 7 nitrogen and oxygen atoms in total. The Morgan fingerprint density at radius 1 is 1.16 bits per heavy atom. The van der Waals surface area contributed by atoms with Crippen LogP contribution in [0.2, 0.25) is 0 Å². The van der Waals surface area contributed by atoms with E-state index in [0.29, 0.717) is 32.5 Å². The number of hydrogen-bond donors (Lipinski definition) is 1. The van der Waals surface area contributed by atoms with Crippen LogP contribution in [0.25, 0.3) is 15.9 Å². The normalized spacial score (nSPS) is 10.8. The number of para-hydroxylation sites is 2. The van der Waals surface area contributed by atoms with E-state index < -0.39 is 0 Å². The average molecular weight is 467 g/mol. The molecule has 0 atom stereocenters. The van der Waals surface area contributed by atoms with E-state index in [9.17, 15) is 9.59 Å². The van der Waals surface area contributed by atoms with Crippen LogP contribution in [0.4, 0.5) is 11.4 Å². The van der Waals surface area contributed by atoms with Gasteiger partial charge in [-0.2, -0.15) is 0 Å². The van der Waals surface area contributed by atoms with Crippen molar-refractivity contribution in [3.8, 4) is 11.4 Å². The molecule has 4 rings (SSSR count). The second kappa shape index (κ2) is 9.46. The largest absolute Gasteiger partial charge is 0.495 e. The first-order chi connectivity index (χ1) is 15.5. The maximum Gasteiger partial charge on any atom is 0.276 e. The molecular weight excluding hydrogens is 444 g/mol. The van der Waals surface area contributed by atoms with E-state index in [0.717, 1.165) is 5.69 Å². The van der Waals surface area contributed by atoms with E-state index in [4.69, 9.17) is 4.74 Å². The molecule has 1 amide bonds. The number of carbonyl (C=O) groups excluding carboxylic acids is 1. The summed E-state index contributed by atoms with van der Waals surface area (Å²) in [5.41, 5.74) is 2.78. The fourth-order valence-electron chi connectivity index (χ4n) is 3.19. The van der Waals surface area contributed by atoms with Gasteiger partial charge in [-0.3, -0.25) is 14.2 Å². The van der Waals surface area contributed by atoms with E-state index >= 15 is 0 Å². The van der Waals surface area contributed by atoms with Gasteiger partial charge < -0.3 is 15.0 Å². The monoisotopic (exact) mass is 466 g/mol. The SMILES string of the molecule is COc1ccccc1-n1c(SCC(=O)Nc2ccc(N(C)C)cc2)nc2ccsc2c1=O. The van der Waals surface area contributed by atoms with Crippen molar-refractivity contribution in [2.75, 3.05) is 37.2 Å². The van der Waals surface area contributed by atoms with Crippen LogP contribution < -0.4 is 20.5 Å². The van der Waals surface area contributed by atoms with E-state index in [1.54, 1.807) is 19.2 Å². The minimum Gasteiger partial charge on any atom is -0.495 e. The second-order valence-corrected chi connectivity index (χ2v) is 8.98. The van der Waals surface area contributed by atoms with Crippen LogP contribution in [-0.4, -0.2) is 42.4 Å². The van der Waals surface area contributed by atoms with Crippen LogP contribution >= 0.6 is 23.1 Å². The van der Waals surface area contributed by atoms with E-state index in [1.165, 1.54) is 27.7 Å². The highest BCUT2D eigenvalue weighted by Gasteiger charge is 2.18. The number of methoxy groups -OCH3 is 1. The van der Waals surface area contributed by atoms with Crippen molar-refractivity contribution in [3.05, 3.63) is 70.3 Å². The van der Waals surface area contributed by atoms with Gasteiger partial charge in [-0.05, 0) is 47.8 Å². The zero-order chi connectivity index (χ0) is 22.7. The molecule has 32 heavy (non-hydrogen) atoms. The molecule has 0 radical (unpaired) electrons. The molecule has 0 aliphatic rings. The maximum absolute atomic E-state index is 13.3. The van der Waals surface area contributed by atoms with E-state index in [1.807, 2.05) is 66.8 Å². The fraction of sp³-hybridized carbons (Fsp3) is 0.174. The van der Waals surface area contributed by atoms with Gasteiger partial charge in [0.05, 0.1) is 24.1 Å². The Hall–Kier alpha value is -3.30. The molecule has 2 aromatic heterocycles. The maximum atomic E-state index is 13.3. The highest BCUT2D eigenvalue weighted by Crippen LogP contribution is 2.28. The number of ether oxygens (including phenoxy) is 1. The van der Waals surface area contributed by atoms with Gasteiger partial charge in [0.1, 0.15) is 10.4 Å². The summed E-state index contributed by atoms with van der Waals surface area (Å²) in [6.45, 7) is 0. The molecule has 9 heteroatoms. The summed E-state index contributed by atoms with van der Waals surface area (Å²) in [7, 11) is 5.48. The van der Waals surface area contributed by atoms with Crippen LogP contribution in [0.5, 0.6) is 5.75 Å². The van der Waals surface area contributed by atoms with Gasteiger partial charge >= 0.3 is 0 Å². The molecule has 164 valence electrons. The van der Waals surface area contributed by atoms with Crippen LogP contribution in [0, 0.1) is 0 Å². The summed E-state index contributed by atoms with van der Waals surface area (Å²) < 4.78 is 7.53. The van der Waals surface area contributed by atoms with Crippen LogP contribution in [0.1, 0.15) is 0 Å². The minimum atomic E-state index is -0.184. The Balaban J connectivity index is 1.61. The number of hydrogen-bond acceptors (Lipinski definition) is 7. The third-order valence-corrected chi connectivity index (χ3v) is 6.61. The lowest BCUT2D eigenvalue weighted by Crippen LogP contribution is -2.22. The number of carbonyl (C=O) groups is 1. The van der Waals surface area contributed by atoms with Gasteiger partial charge in [-0.15, -0.1) is 11.3 Å². The zero-order valence-corrected chi connectivity index (χ0v) is 19.5. The van der Waals surface area contributed by atoms with E-state index in [-0.39, 0.29) is 17.2 Å². The third-order valence-electron chi connectivity index (χ3n) is 4.78. The highest BCUT2D eigenvalue weighted by atomic mass is 32.2. The Bertz CT molecular complexity index is 1310. The first-order valence-electron chi connectivity index (χ1n) is 9.81. The predicted molar refractivity (Wildman–Crippen MR) is 132 cm³/mol. The smallest absolute Gasteiger partial charge is 0.276 e. The lowest BCUT2D eigenvalue weighted by atomic mass is 10.2. The number of nitrogens with one attached hydrogen (secondary N) is 1. The third kappa shape index (κ3) is 4.49. The van der Waals surface area contributed by atoms with Crippen molar-refractivity contribution in [2.45, 2.75) is 5.16 Å². The molecule has 4 aromatic rings. The fourth-order valence-corrected chi connectivity index (χ4v) is 4.75. The number of rotatable bonds is 7. The average Bonchev–Trinajstić information content (AvgIpc) is 3.27. The Morgan fingerprint density at radius 2 is 1.91 bits per heavy atom. The van der Waals surface area contributed by atoms with Gasteiger partial charge in [-0.25, -0.2) is 4.98 Å². The van der Waals surface area contributed by atoms with Crippen molar-refractivity contribution in [3.63, 3.8) is 0 Å². The standard InChI is InChI=1S/C23H22N4O3S2/c1-26(2)16-10-8-15(9-11-16)24-20(28)14-32-23-25-17-12-13-31-21(17)22(29)27(23)18-6-4-5-7-19(18)30-3/h4-13H,14H2,1-3H3,(H,24,28). The van der Waals surface area contributed by atoms with Gasteiger partial charge in [0.25, 0.3) is 5.56 Å². The molecule has 0 saturated carbocycles. The van der Waals surface area contributed by atoms with Crippen molar-refractivity contribution in [1.29, 1.82) is 0 Å². The molecular formula is C23H22N4O3S2. The summed E-state index contributed by atoms with van der Waals surface area (Å²) in [4.78, 5) is 32.5. The minimum absolute atomic E-state index is 0.104. The van der Waals surface area contributed by atoms with Gasteiger partial charge in [-0.1, -0.05) is 23.9 Å². The van der Waals surface area contributed by atoms with Crippen LogP contribution in [0.15, 0.2) is 69.9 Å². The first-order valence-corrected chi connectivity index (χ1v) is 11.7. The summed E-state index contributed by atoms with van der Waals surface area (Å²) in [6, 6.07) is 16.7. The van der Waals surface area contributed by atoms with Crippen molar-refractivity contribution >= 4 is 50.6 Å². The number of fused-ring (bicyclic) bond motifs is 1. The molecule has 0 fully saturated rings. The quantitative estimate of drug-likeness (QED) is 0.324. The topological polar surface area (TPSA) is 76.5 Å². The molecule has 0 saturated heterocycles. The number of aromatic nitrogens is 2. The lowest BCUT2D eigenvalue weighted by molar-refractivity contribution is -0.113. The summed E-state index contributed by atoms with van der Waals surface area (Å²) >= 11 is 2.56. The van der Waals surface area contributed by atoms with Crippen LogP contribution in [0.3, 0.4) is 0 Å². The number of nitrogens with zero attached hydrogens (tertiary/aromatic N) is 3. The van der Waals surface area contributed by atoms with Crippen LogP contribution in [-0.2, 0) is 4.79 Å². The van der Waals surface area contributed by atoms with E-state index in [2.05, 4.69) is 10.3 Å². The number of benzene rings is 2. The van der Waals surface area contributed by atoms with Crippen molar-refractivity contribution < 1.29 is 9.53 Å². The predicted octanol–water partition coefficient (Wildman–Crippen LogP) is 4.25. The lowest BCUT2D eigenvalue weighted by Gasteiger charge is -2.15. The summed E-state index contributed by atoms with van der Waals surface area (Å²) in [5.74, 6) is 0.477. The molecule has 2 heterocycles. The molecule has 0 spiro atoms. The van der Waals surface area contributed by atoms with Gasteiger partial charge in [0.2, 0.25) is 5.91 Å². The highest BCUT2D eigenvalue weighted by molar-refractivity contribution is 7.99. The summed E-state index contributed by atoms with van der Waals surface area (Å²) in [6.07, 6.45) is 0. The Kier molecular flexibility index (Phi) is 6.48. The summed E-state index contributed by atoms with van der Waals surface area (Å²) in [5, 5.41) is 5.16. The molecule has 0 bridgehead atoms. The first kappa shape index (κ1) is 21.9. The van der Waals surface area contributed by atoms with Crippen molar-refractivity contribution in [2.24, 2.45) is 0 Å². The molecule has 2 aromatic carbocycles. The molecule has 0 aliphatic carbocycles. The Labute approximate surface area is 193 Å². The molecule has 0 unspecified atom stereocenters. The number of thioether (sulfide) groups is 1. The second-order valence-electron chi connectivity index (χ2n) is 7.12. The Morgan fingerprint density at radius 3 is 2.62 bits per heavy atom. The zero-order valence-electron chi connectivity index (χ0n) is 17.9. The number of thiophene rings is 1.